The molecule has 1 nitrogen and oxygen atoms in total. The van der Waals surface area contributed by atoms with Crippen LogP contribution in [0.5, 0.6) is 0 Å². The highest BCUT2D eigenvalue weighted by atomic mass is 16.1. The van der Waals surface area contributed by atoms with Crippen molar-refractivity contribution in [2.45, 2.75) is 58.3 Å². The van der Waals surface area contributed by atoms with Crippen LogP contribution >= 0.6 is 0 Å². The van der Waals surface area contributed by atoms with Crippen molar-refractivity contribution < 1.29 is 4.79 Å². The first-order chi connectivity index (χ1) is 6.79. The predicted octanol–water partition coefficient (Wildman–Crippen LogP) is 3.57. The van der Waals surface area contributed by atoms with E-state index < -0.39 is 0 Å². The van der Waals surface area contributed by atoms with Gasteiger partial charge in [-0.15, -0.1) is 0 Å². The number of carbonyl (C=O) groups is 1. The Hall–Kier alpha value is -0.330. The summed E-state index contributed by atoms with van der Waals surface area (Å²) >= 11 is 0. The Morgan fingerprint density at radius 1 is 1.21 bits per heavy atom. The zero-order chi connectivity index (χ0) is 9.97. The van der Waals surface area contributed by atoms with Crippen LogP contribution in [0.2, 0.25) is 0 Å². The Balaban J connectivity index is 1.83. The highest BCUT2D eigenvalue weighted by Gasteiger charge is 2.31. The molecule has 2 unspecified atom stereocenters. The minimum Gasteiger partial charge on any atom is -0.299 e. The second-order valence-electron chi connectivity index (χ2n) is 5.24. The average Bonchev–Trinajstić information content (AvgIpc) is 2.14. The lowest BCUT2D eigenvalue weighted by Crippen LogP contribution is -2.28. The van der Waals surface area contributed by atoms with Crippen LogP contribution < -0.4 is 0 Å². The molecule has 0 saturated heterocycles. The summed E-state index contributed by atoms with van der Waals surface area (Å²) in [4.78, 5) is 11.7. The topological polar surface area (TPSA) is 17.1 Å². The van der Waals surface area contributed by atoms with Gasteiger partial charge in [0.05, 0.1) is 0 Å². The molecule has 2 rings (SSSR count). The van der Waals surface area contributed by atoms with Crippen LogP contribution in [0.15, 0.2) is 0 Å². The molecule has 0 N–H and O–H groups in total. The van der Waals surface area contributed by atoms with Gasteiger partial charge in [-0.25, -0.2) is 0 Å². The van der Waals surface area contributed by atoms with Gasteiger partial charge in [-0.3, -0.25) is 4.79 Å². The number of hydrogen-bond acceptors (Lipinski definition) is 1. The summed E-state index contributed by atoms with van der Waals surface area (Å²) in [6.45, 7) is 2.26. The highest BCUT2D eigenvalue weighted by Crippen LogP contribution is 2.38. The first kappa shape index (κ1) is 10.2. The van der Waals surface area contributed by atoms with Gasteiger partial charge in [0.15, 0.2) is 0 Å². The van der Waals surface area contributed by atoms with Gasteiger partial charge in [0, 0.05) is 12.3 Å². The third-order valence-electron chi connectivity index (χ3n) is 4.29. The summed E-state index contributed by atoms with van der Waals surface area (Å²) in [5, 5.41) is 0. The Labute approximate surface area is 87.3 Å². The lowest BCUT2D eigenvalue weighted by Gasteiger charge is -2.33. The molecule has 2 saturated carbocycles. The summed E-state index contributed by atoms with van der Waals surface area (Å²) in [6.07, 6.45) is 9.91. The summed E-state index contributed by atoms with van der Waals surface area (Å²) < 4.78 is 0. The van der Waals surface area contributed by atoms with Crippen molar-refractivity contribution in [3.63, 3.8) is 0 Å². The molecule has 0 bridgehead atoms. The van der Waals surface area contributed by atoms with Gasteiger partial charge in [0.2, 0.25) is 0 Å². The quantitative estimate of drug-likeness (QED) is 0.671. The van der Waals surface area contributed by atoms with E-state index in [1.807, 2.05) is 0 Å². The fourth-order valence-corrected chi connectivity index (χ4v) is 2.93. The van der Waals surface area contributed by atoms with Gasteiger partial charge in [0.25, 0.3) is 0 Å². The molecular weight excluding hydrogens is 172 g/mol. The van der Waals surface area contributed by atoms with E-state index in [-0.39, 0.29) is 0 Å². The molecule has 2 atom stereocenters. The van der Waals surface area contributed by atoms with Crippen LogP contribution in [0.1, 0.15) is 58.3 Å². The molecule has 0 aromatic heterocycles. The van der Waals surface area contributed by atoms with E-state index in [0.29, 0.717) is 11.7 Å². The van der Waals surface area contributed by atoms with Crippen molar-refractivity contribution in [2.75, 3.05) is 0 Å². The van der Waals surface area contributed by atoms with Crippen molar-refractivity contribution in [1.29, 1.82) is 0 Å². The fraction of sp³-hybridized carbons (Fsp3) is 0.923. The van der Waals surface area contributed by atoms with E-state index in [9.17, 15) is 4.79 Å². The summed E-state index contributed by atoms with van der Waals surface area (Å²) in [7, 11) is 0. The van der Waals surface area contributed by atoms with Crippen molar-refractivity contribution in [1.82, 2.24) is 0 Å². The molecular formula is C13H22O. The van der Waals surface area contributed by atoms with Crippen LogP contribution in [-0.2, 0) is 4.79 Å². The maximum atomic E-state index is 11.7. The summed E-state index contributed by atoms with van der Waals surface area (Å²) in [5.41, 5.74) is 0. The third kappa shape index (κ3) is 2.18. The van der Waals surface area contributed by atoms with E-state index in [1.165, 1.54) is 38.5 Å². The number of rotatable bonds is 3. The van der Waals surface area contributed by atoms with Gasteiger partial charge in [-0.1, -0.05) is 32.6 Å². The first-order valence-electron chi connectivity index (χ1n) is 6.32. The monoisotopic (exact) mass is 194 g/mol. The Morgan fingerprint density at radius 3 is 2.57 bits per heavy atom. The van der Waals surface area contributed by atoms with E-state index in [0.717, 1.165) is 24.7 Å². The number of ketones is 1. The van der Waals surface area contributed by atoms with Crippen LogP contribution in [0.4, 0.5) is 0 Å². The van der Waals surface area contributed by atoms with E-state index >= 15 is 0 Å². The largest absolute Gasteiger partial charge is 0.299 e. The summed E-state index contributed by atoms with van der Waals surface area (Å²) in [5.74, 6) is 2.76. The molecule has 0 aromatic rings. The van der Waals surface area contributed by atoms with Crippen LogP contribution in [0, 0.1) is 17.8 Å². The Bertz CT molecular complexity index is 203. The number of hydrogen-bond donors (Lipinski definition) is 0. The van der Waals surface area contributed by atoms with E-state index in [1.54, 1.807) is 0 Å². The van der Waals surface area contributed by atoms with Gasteiger partial charge >= 0.3 is 0 Å². The second-order valence-corrected chi connectivity index (χ2v) is 5.24. The van der Waals surface area contributed by atoms with E-state index in [2.05, 4.69) is 6.92 Å². The molecule has 0 aliphatic heterocycles. The van der Waals surface area contributed by atoms with Crippen LogP contribution in [-0.4, -0.2) is 5.78 Å². The zero-order valence-electron chi connectivity index (χ0n) is 9.30. The van der Waals surface area contributed by atoms with Crippen molar-refractivity contribution in [2.24, 2.45) is 17.8 Å². The number of Topliss-reactive ketones (excluding diaryl/α,β-unsaturated/α-hetero) is 1. The maximum absolute atomic E-state index is 11.7. The zero-order valence-corrected chi connectivity index (χ0v) is 9.30. The number of carbonyl (C=O) groups excluding carboxylic acids is 1. The molecule has 0 amide bonds. The van der Waals surface area contributed by atoms with E-state index in [4.69, 9.17) is 0 Å². The van der Waals surface area contributed by atoms with Gasteiger partial charge in [-0.2, -0.15) is 0 Å². The lowest BCUT2D eigenvalue weighted by atomic mass is 9.71. The molecule has 80 valence electrons. The summed E-state index contributed by atoms with van der Waals surface area (Å²) in [6, 6.07) is 0. The van der Waals surface area contributed by atoms with Crippen molar-refractivity contribution in [3.05, 3.63) is 0 Å². The van der Waals surface area contributed by atoms with Crippen molar-refractivity contribution in [3.8, 4) is 0 Å². The van der Waals surface area contributed by atoms with Crippen LogP contribution in [0.25, 0.3) is 0 Å². The van der Waals surface area contributed by atoms with Gasteiger partial charge in [-0.05, 0) is 31.1 Å². The molecule has 0 aromatic carbocycles. The minimum absolute atomic E-state index is 0.444. The molecule has 14 heavy (non-hydrogen) atoms. The minimum atomic E-state index is 0.444. The normalized spacial score (nSPS) is 34.2. The molecule has 2 fully saturated rings. The lowest BCUT2D eigenvalue weighted by molar-refractivity contribution is -0.126. The first-order valence-corrected chi connectivity index (χ1v) is 6.32. The molecule has 0 radical (unpaired) electrons. The molecule has 2 aliphatic carbocycles. The molecule has 1 heteroatoms. The van der Waals surface area contributed by atoms with Gasteiger partial charge in [0.1, 0.15) is 5.78 Å². The molecule has 2 aliphatic rings. The molecule has 0 heterocycles. The van der Waals surface area contributed by atoms with Crippen molar-refractivity contribution >= 4 is 5.78 Å². The fourth-order valence-electron chi connectivity index (χ4n) is 2.93. The average molecular weight is 194 g/mol. The SMILES string of the molecule is CCC1CCC(=O)C(CC2CCC2)C1. The smallest absolute Gasteiger partial charge is 0.136 e. The standard InChI is InChI=1S/C13H22O/c1-2-10-6-7-13(14)12(8-10)9-11-4-3-5-11/h10-12H,2-9H2,1H3. The Kier molecular flexibility index (Phi) is 3.25. The Morgan fingerprint density at radius 2 is 2.00 bits per heavy atom. The van der Waals surface area contributed by atoms with Gasteiger partial charge < -0.3 is 0 Å². The third-order valence-corrected chi connectivity index (χ3v) is 4.29. The highest BCUT2D eigenvalue weighted by molar-refractivity contribution is 5.81. The predicted molar refractivity (Wildman–Crippen MR) is 58.1 cm³/mol. The second kappa shape index (κ2) is 4.46. The maximum Gasteiger partial charge on any atom is 0.136 e. The van der Waals surface area contributed by atoms with Crippen LogP contribution in [0.3, 0.4) is 0 Å². The molecule has 0 spiro atoms.